The molecule has 2 N–H and O–H groups in total. The maximum Gasteiger partial charge on any atom is 0.345 e. The van der Waals surface area contributed by atoms with Gasteiger partial charge in [-0.2, -0.15) is 0 Å². The summed E-state index contributed by atoms with van der Waals surface area (Å²) in [7, 11) is 0. The molecule has 0 radical (unpaired) electrons. The third kappa shape index (κ3) is 2.09. The van der Waals surface area contributed by atoms with Gasteiger partial charge in [-0.25, -0.2) is 4.79 Å². The highest BCUT2D eigenvalue weighted by Gasteiger charge is 2.28. The topological polar surface area (TPSA) is 76.0 Å². The third-order valence-electron chi connectivity index (χ3n) is 2.35. The molecule has 0 amide bonds. The van der Waals surface area contributed by atoms with Gasteiger partial charge < -0.3 is 19.7 Å². The fourth-order valence-corrected chi connectivity index (χ4v) is 1.60. The molecule has 0 saturated carbocycles. The van der Waals surface area contributed by atoms with Gasteiger partial charge in [-0.1, -0.05) is 6.07 Å². The first-order valence-electron chi connectivity index (χ1n) is 4.97. The first-order chi connectivity index (χ1) is 7.70. The summed E-state index contributed by atoms with van der Waals surface area (Å²) in [5.74, 6) is 0.149. The number of ether oxygens (including phenoxy) is 2. The van der Waals surface area contributed by atoms with Crippen LogP contribution < -0.4 is 9.47 Å². The monoisotopic (exact) mass is 224 g/mol. The molecule has 16 heavy (non-hydrogen) atoms. The van der Waals surface area contributed by atoms with E-state index in [1.54, 1.807) is 18.2 Å². The molecule has 0 aliphatic carbocycles. The summed E-state index contributed by atoms with van der Waals surface area (Å²) in [4.78, 5) is 10.7. The molecule has 1 heterocycles. The van der Waals surface area contributed by atoms with Crippen molar-refractivity contribution in [2.45, 2.75) is 12.5 Å². The van der Waals surface area contributed by atoms with Crippen molar-refractivity contribution in [1.29, 1.82) is 0 Å². The lowest BCUT2D eigenvalue weighted by atomic mass is 10.1. The van der Waals surface area contributed by atoms with E-state index >= 15 is 0 Å². The molecule has 1 aromatic rings. The van der Waals surface area contributed by atoms with Crippen molar-refractivity contribution >= 4 is 5.97 Å². The maximum atomic E-state index is 10.7. The van der Waals surface area contributed by atoms with Crippen molar-refractivity contribution in [3.8, 4) is 11.5 Å². The van der Waals surface area contributed by atoms with E-state index in [1.807, 2.05) is 0 Å². The molecule has 1 atom stereocenters. The highest BCUT2D eigenvalue weighted by molar-refractivity contribution is 5.74. The summed E-state index contributed by atoms with van der Waals surface area (Å²) in [6, 6.07) is 5.17. The summed E-state index contributed by atoms with van der Waals surface area (Å²) >= 11 is 0. The van der Waals surface area contributed by atoms with Gasteiger partial charge in [-0.15, -0.1) is 0 Å². The van der Waals surface area contributed by atoms with E-state index in [2.05, 4.69) is 0 Å². The zero-order valence-electron chi connectivity index (χ0n) is 8.55. The molecule has 5 heteroatoms. The second-order valence-electron chi connectivity index (χ2n) is 3.49. The Bertz CT molecular complexity index is 401. The first-order valence-corrected chi connectivity index (χ1v) is 4.97. The van der Waals surface area contributed by atoms with Gasteiger partial charge in [0.2, 0.25) is 0 Å². The lowest BCUT2D eigenvalue weighted by Gasteiger charge is -2.06. The minimum Gasteiger partial charge on any atom is -0.491 e. The fourth-order valence-electron chi connectivity index (χ4n) is 1.60. The van der Waals surface area contributed by atoms with Gasteiger partial charge in [0.15, 0.2) is 6.10 Å². The average molecular weight is 224 g/mol. The van der Waals surface area contributed by atoms with Crippen LogP contribution in [0.25, 0.3) is 0 Å². The molecule has 1 aromatic carbocycles. The Kier molecular flexibility index (Phi) is 2.96. The summed E-state index contributed by atoms with van der Waals surface area (Å²) < 4.78 is 10.4. The Hall–Kier alpha value is -1.75. The van der Waals surface area contributed by atoms with Crippen molar-refractivity contribution in [2.75, 3.05) is 13.2 Å². The Morgan fingerprint density at radius 1 is 1.56 bits per heavy atom. The summed E-state index contributed by atoms with van der Waals surface area (Å²) in [5, 5.41) is 17.4. The molecule has 1 unspecified atom stereocenters. The third-order valence-corrected chi connectivity index (χ3v) is 2.35. The number of aliphatic hydroxyl groups is 1. The van der Waals surface area contributed by atoms with Gasteiger partial charge in [-0.3, -0.25) is 0 Å². The second kappa shape index (κ2) is 4.40. The van der Waals surface area contributed by atoms with E-state index < -0.39 is 12.1 Å². The van der Waals surface area contributed by atoms with Crippen LogP contribution in [0.5, 0.6) is 11.5 Å². The van der Waals surface area contributed by atoms with Gasteiger partial charge in [0.1, 0.15) is 18.1 Å². The lowest BCUT2D eigenvalue weighted by molar-refractivity contribution is -0.144. The standard InChI is InChI=1S/C11H12O5/c12-3-4-15-8-2-1-7-5-10(11(13)14)16-9(7)6-8/h1-2,6,10,12H,3-5H2,(H,13,14). The van der Waals surface area contributed by atoms with Crippen molar-refractivity contribution < 1.29 is 24.5 Å². The Labute approximate surface area is 92.2 Å². The zero-order chi connectivity index (χ0) is 11.5. The van der Waals surface area contributed by atoms with Crippen LogP contribution in [0.3, 0.4) is 0 Å². The Balaban J connectivity index is 2.11. The van der Waals surface area contributed by atoms with Crippen molar-refractivity contribution in [3.05, 3.63) is 23.8 Å². The molecular weight excluding hydrogens is 212 g/mol. The van der Waals surface area contributed by atoms with E-state index in [-0.39, 0.29) is 13.2 Å². The Morgan fingerprint density at radius 3 is 3.06 bits per heavy atom. The molecule has 0 bridgehead atoms. The summed E-state index contributed by atoms with van der Waals surface area (Å²) in [5.41, 5.74) is 0.865. The lowest BCUT2D eigenvalue weighted by Crippen LogP contribution is -2.24. The van der Waals surface area contributed by atoms with Crippen LogP contribution in [-0.2, 0) is 11.2 Å². The molecule has 0 saturated heterocycles. The van der Waals surface area contributed by atoms with E-state index in [0.29, 0.717) is 17.9 Å². The van der Waals surface area contributed by atoms with Gasteiger partial charge in [0.25, 0.3) is 0 Å². The molecule has 0 fully saturated rings. The second-order valence-corrected chi connectivity index (χ2v) is 3.49. The van der Waals surface area contributed by atoms with Crippen LogP contribution in [0.2, 0.25) is 0 Å². The minimum atomic E-state index is -0.964. The van der Waals surface area contributed by atoms with Crippen molar-refractivity contribution in [2.24, 2.45) is 0 Å². The molecule has 86 valence electrons. The molecule has 2 rings (SSSR count). The molecule has 0 spiro atoms. The molecule has 1 aliphatic rings. The normalized spacial score (nSPS) is 17.7. The van der Waals surface area contributed by atoms with E-state index in [4.69, 9.17) is 19.7 Å². The number of carboxylic acid groups (broad SMARTS) is 1. The predicted molar refractivity (Wildman–Crippen MR) is 54.8 cm³/mol. The number of hydrogen-bond donors (Lipinski definition) is 2. The summed E-state index contributed by atoms with van der Waals surface area (Å²) in [6.45, 7) is 0.150. The highest BCUT2D eigenvalue weighted by Crippen LogP contribution is 2.32. The van der Waals surface area contributed by atoms with Gasteiger partial charge in [-0.05, 0) is 11.6 Å². The number of fused-ring (bicyclic) bond motifs is 1. The van der Waals surface area contributed by atoms with Gasteiger partial charge in [0, 0.05) is 12.5 Å². The van der Waals surface area contributed by atoms with E-state index in [0.717, 1.165) is 5.56 Å². The summed E-state index contributed by atoms with van der Waals surface area (Å²) in [6.07, 6.45) is -0.423. The van der Waals surface area contributed by atoms with Crippen LogP contribution in [0.4, 0.5) is 0 Å². The molecular formula is C11H12O5. The van der Waals surface area contributed by atoms with Crippen LogP contribution >= 0.6 is 0 Å². The zero-order valence-corrected chi connectivity index (χ0v) is 8.55. The number of hydrogen-bond acceptors (Lipinski definition) is 4. The number of aliphatic hydroxyl groups excluding tert-OH is 1. The van der Waals surface area contributed by atoms with E-state index in [1.165, 1.54) is 0 Å². The van der Waals surface area contributed by atoms with Crippen LogP contribution in [0.1, 0.15) is 5.56 Å². The molecule has 5 nitrogen and oxygen atoms in total. The molecule has 0 aromatic heterocycles. The quantitative estimate of drug-likeness (QED) is 0.776. The van der Waals surface area contributed by atoms with Crippen LogP contribution in [0, 0.1) is 0 Å². The largest absolute Gasteiger partial charge is 0.491 e. The van der Waals surface area contributed by atoms with E-state index in [9.17, 15) is 4.79 Å². The minimum absolute atomic E-state index is 0.0598. The highest BCUT2D eigenvalue weighted by atomic mass is 16.5. The number of benzene rings is 1. The van der Waals surface area contributed by atoms with Gasteiger partial charge >= 0.3 is 5.97 Å². The first kappa shape index (κ1) is 10.8. The molecule has 1 aliphatic heterocycles. The predicted octanol–water partition coefficient (Wildman–Crippen LogP) is 0.446. The van der Waals surface area contributed by atoms with Gasteiger partial charge in [0.05, 0.1) is 6.61 Å². The number of carbonyl (C=O) groups is 1. The fraction of sp³-hybridized carbons (Fsp3) is 0.364. The Morgan fingerprint density at radius 2 is 2.38 bits per heavy atom. The van der Waals surface area contributed by atoms with Crippen LogP contribution in [0.15, 0.2) is 18.2 Å². The number of aliphatic carboxylic acids is 1. The van der Waals surface area contributed by atoms with Crippen molar-refractivity contribution in [1.82, 2.24) is 0 Å². The number of carboxylic acids is 1. The smallest absolute Gasteiger partial charge is 0.345 e. The number of rotatable bonds is 4. The maximum absolute atomic E-state index is 10.7. The van der Waals surface area contributed by atoms with Crippen LogP contribution in [-0.4, -0.2) is 35.5 Å². The SMILES string of the molecule is O=C(O)C1Cc2ccc(OCCO)cc2O1. The van der Waals surface area contributed by atoms with Crippen molar-refractivity contribution in [3.63, 3.8) is 0 Å². The average Bonchev–Trinajstić information content (AvgIpc) is 2.69.